The first-order valence-corrected chi connectivity index (χ1v) is 13.9. The topological polar surface area (TPSA) is 110 Å². The van der Waals surface area contributed by atoms with Crippen molar-refractivity contribution in [1.82, 2.24) is 15.1 Å². The Morgan fingerprint density at radius 2 is 1.68 bits per heavy atom. The molecular weight excluding hydrogens is 470 g/mol. The van der Waals surface area contributed by atoms with Crippen LogP contribution in [0, 0.1) is 11.3 Å². The number of aliphatic carboxylic acids is 1. The molecule has 1 heterocycles. The van der Waals surface area contributed by atoms with Crippen LogP contribution in [0.4, 0.5) is 4.79 Å². The van der Waals surface area contributed by atoms with E-state index in [0.717, 1.165) is 50.6 Å². The molecule has 8 nitrogen and oxygen atoms in total. The van der Waals surface area contributed by atoms with Crippen molar-refractivity contribution in [2.45, 2.75) is 103 Å². The summed E-state index contributed by atoms with van der Waals surface area (Å²) >= 11 is 0. The van der Waals surface area contributed by atoms with Crippen LogP contribution in [-0.4, -0.2) is 68.7 Å². The zero-order valence-corrected chi connectivity index (χ0v) is 22.5. The van der Waals surface area contributed by atoms with Crippen molar-refractivity contribution in [2.24, 2.45) is 11.3 Å². The summed E-state index contributed by atoms with van der Waals surface area (Å²) < 4.78 is 0. The Morgan fingerprint density at radius 3 is 2.24 bits per heavy atom. The number of carboxylic acid groups (broad SMARTS) is 1. The lowest BCUT2D eigenvalue weighted by atomic mass is 9.67. The van der Waals surface area contributed by atoms with Crippen LogP contribution < -0.4 is 5.32 Å². The van der Waals surface area contributed by atoms with Gasteiger partial charge in [0, 0.05) is 24.7 Å². The highest BCUT2D eigenvalue weighted by Crippen LogP contribution is 2.47. The molecule has 1 aromatic carbocycles. The highest BCUT2D eigenvalue weighted by molar-refractivity contribution is 5.94. The molecule has 1 spiro atoms. The molecule has 1 aliphatic heterocycles. The lowest BCUT2D eigenvalue weighted by Crippen LogP contribution is -2.50. The number of carbonyl (C=O) groups is 3. The Labute approximate surface area is 220 Å². The highest BCUT2D eigenvalue weighted by atomic mass is 16.4. The first-order chi connectivity index (χ1) is 17.5. The predicted molar refractivity (Wildman–Crippen MR) is 141 cm³/mol. The molecule has 1 aromatic rings. The second-order valence-electron chi connectivity index (χ2n) is 12.4. The number of nitrogens with zero attached hydrogens (tertiary/aromatic N) is 2. The van der Waals surface area contributed by atoms with Crippen LogP contribution in [0.15, 0.2) is 24.3 Å². The first-order valence-electron chi connectivity index (χ1n) is 13.9. The summed E-state index contributed by atoms with van der Waals surface area (Å²) in [6, 6.07) is 7.63. The lowest BCUT2D eigenvalue weighted by molar-refractivity contribution is -0.146. The van der Waals surface area contributed by atoms with Crippen LogP contribution in [0.5, 0.6) is 0 Å². The number of carboxylic acids is 1. The van der Waals surface area contributed by atoms with E-state index in [9.17, 15) is 19.5 Å². The molecule has 1 saturated heterocycles. The van der Waals surface area contributed by atoms with Crippen molar-refractivity contribution in [1.29, 1.82) is 0 Å². The summed E-state index contributed by atoms with van der Waals surface area (Å²) in [5.41, 5.74) is 1.49. The van der Waals surface area contributed by atoms with E-state index in [1.54, 1.807) is 12.1 Å². The van der Waals surface area contributed by atoms with Gasteiger partial charge in [0.15, 0.2) is 6.10 Å². The second kappa shape index (κ2) is 11.0. The van der Waals surface area contributed by atoms with E-state index in [1.165, 1.54) is 19.3 Å². The van der Waals surface area contributed by atoms with Gasteiger partial charge < -0.3 is 25.3 Å². The van der Waals surface area contributed by atoms with Gasteiger partial charge in [0.05, 0.1) is 12.1 Å². The van der Waals surface area contributed by atoms with E-state index in [0.29, 0.717) is 24.1 Å². The Bertz CT molecular complexity index is 972. The number of rotatable bonds is 7. The molecule has 0 bridgehead atoms. The van der Waals surface area contributed by atoms with E-state index < -0.39 is 18.0 Å². The molecule has 0 aromatic heterocycles. The summed E-state index contributed by atoms with van der Waals surface area (Å²) in [4.78, 5) is 41.3. The van der Waals surface area contributed by atoms with Gasteiger partial charge in [-0.15, -0.1) is 0 Å². The van der Waals surface area contributed by atoms with Gasteiger partial charge in [0.1, 0.15) is 0 Å². The molecule has 3 amide bonds. The SMILES string of the molecule is CC(C)(C)C1CCC2(CC1)CN(C1CCCCC1)C(=O)N2Cc1ccc(C(=O)NCC(O)C(=O)O)cc1. The quantitative estimate of drug-likeness (QED) is 0.500. The molecule has 3 aliphatic rings. The molecule has 3 fully saturated rings. The Morgan fingerprint density at radius 1 is 1.05 bits per heavy atom. The van der Waals surface area contributed by atoms with E-state index in [-0.39, 0.29) is 23.5 Å². The van der Waals surface area contributed by atoms with Crippen LogP contribution in [0.3, 0.4) is 0 Å². The van der Waals surface area contributed by atoms with Crippen LogP contribution in [0.25, 0.3) is 0 Å². The van der Waals surface area contributed by atoms with Crippen molar-refractivity contribution >= 4 is 17.9 Å². The fraction of sp³-hybridized carbons (Fsp3) is 0.690. The molecule has 2 aliphatic carbocycles. The number of aliphatic hydroxyl groups is 1. The smallest absolute Gasteiger partial charge is 0.334 e. The molecule has 204 valence electrons. The van der Waals surface area contributed by atoms with Crippen molar-refractivity contribution < 1.29 is 24.6 Å². The minimum Gasteiger partial charge on any atom is -0.479 e. The normalized spacial score (nSPS) is 25.9. The fourth-order valence-corrected chi connectivity index (χ4v) is 6.51. The number of aliphatic hydroxyl groups excluding tert-OH is 1. The molecule has 2 saturated carbocycles. The molecule has 3 N–H and O–H groups in total. The van der Waals surface area contributed by atoms with Gasteiger partial charge in [-0.2, -0.15) is 0 Å². The minimum absolute atomic E-state index is 0.140. The summed E-state index contributed by atoms with van der Waals surface area (Å²) in [6.07, 6.45) is 8.52. The highest BCUT2D eigenvalue weighted by Gasteiger charge is 2.53. The number of amides is 3. The number of hydrogen-bond donors (Lipinski definition) is 3. The fourth-order valence-electron chi connectivity index (χ4n) is 6.51. The third-order valence-electron chi connectivity index (χ3n) is 8.97. The predicted octanol–water partition coefficient (Wildman–Crippen LogP) is 4.41. The number of carbonyl (C=O) groups excluding carboxylic acids is 2. The molecular formula is C29H43N3O5. The zero-order valence-electron chi connectivity index (χ0n) is 22.5. The Balaban J connectivity index is 1.48. The number of urea groups is 1. The molecule has 0 radical (unpaired) electrons. The van der Waals surface area contributed by atoms with Crippen LogP contribution in [-0.2, 0) is 11.3 Å². The largest absolute Gasteiger partial charge is 0.479 e. The summed E-state index contributed by atoms with van der Waals surface area (Å²) in [6.45, 7) is 7.94. The first kappa shape index (κ1) is 27.4. The Hall–Kier alpha value is -2.61. The third kappa shape index (κ3) is 6.11. The lowest BCUT2D eigenvalue weighted by Gasteiger charge is -2.45. The molecule has 1 atom stereocenters. The van der Waals surface area contributed by atoms with Crippen LogP contribution in [0.1, 0.15) is 94.5 Å². The maximum atomic E-state index is 13.9. The average Bonchev–Trinajstić information content (AvgIpc) is 3.13. The monoisotopic (exact) mass is 513 g/mol. The van der Waals surface area contributed by atoms with Gasteiger partial charge in [0.2, 0.25) is 0 Å². The number of nitrogens with one attached hydrogen (secondary N) is 1. The van der Waals surface area contributed by atoms with Crippen molar-refractivity contribution in [3.63, 3.8) is 0 Å². The van der Waals surface area contributed by atoms with Gasteiger partial charge in [-0.05, 0) is 67.6 Å². The Kier molecular flexibility index (Phi) is 8.17. The maximum Gasteiger partial charge on any atom is 0.334 e. The second-order valence-corrected chi connectivity index (χ2v) is 12.4. The van der Waals surface area contributed by atoms with E-state index in [1.807, 2.05) is 12.1 Å². The van der Waals surface area contributed by atoms with E-state index in [4.69, 9.17) is 5.11 Å². The van der Waals surface area contributed by atoms with Gasteiger partial charge in [-0.25, -0.2) is 9.59 Å². The molecule has 8 heteroatoms. The van der Waals surface area contributed by atoms with E-state index >= 15 is 0 Å². The van der Waals surface area contributed by atoms with Crippen molar-refractivity contribution in [2.75, 3.05) is 13.1 Å². The third-order valence-corrected chi connectivity index (χ3v) is 8.97. The van der Waals surface area contributed by atoms with E-state index in [2.05, 4.69) is 35.9 Å². The van der Waals surface area contributed by atoms with Crippen LogP contribution >= 0.6 is 0 Å². The standard InChI is InChI=1S/C29H43N3O5/c1-28(2,3)22-13-15-29(16-14-22)19-31(23-7-5-4-6-8-23)27(37)32(29)18-20-9-11-21(12-10-20)25(34)30-17-24(33)26(35)36/h9-12,22-24,33H,4-8,13-19H2,1-3H3,(H,30,34)(H,35,36). The average molecular weight is 514 g/mol. The number of benzene rings is 1. The van der Waals surface area contributed by atoms with Crippen molar-refractivity contribution in [3.8, 4) is 0 Å². The zero-order chi connectivity index (χ0) is 26.8. The van der Waals surface area contributed by atoms with Crippen LogP contribution in [0.2, 0.25) is 0 Å². The summed E-state index contributed by atoms with van der Waals surface area (Å²) in [5.74, 6) is -1.15. The molecule has 1 unspecified atom stereocenters. The summed E-state index contributed by atoms with van der Waals surface area (Å²) in [7, 11) is 0. The van der Waals surface area contributed by atoms with Gasteiger partial charge in [0.25, 0.3) is 5.91 Å². The number of hydrogen-bond acceptors (Lipinski definition) is 4. The maximum absolute atomic E-state index is 13.9. The minimum atomic E-state index is -1.64. The molecule has 4 rings (SSSR count). The van der Waals surface area contributed by atoms with Gasteiger partial charge >= 0.3 is 12.0 Å². The summed E-state index contributed by atoms with van der Waals surface area (Å²) in [5, 5.41) is 20.6. The van der Waals surface area contributed by atoms with Crippen molar-refractivity contribution in [3.05, 3.63) is 35.4 Å². The van der Waals surface area contributed by atoms with Gasteiger partial charge in [-0.3, -0.25) is 4.79 Å². The van der Waals surface area contributed by atoms with Gasteiger partial charge in [-0.1, -0.05) is 52.2 Å². The molecule has 37 heavy (non-hydrogen) atoms.